The zero-order chi connectivity index (χ0) is 9.31. The molecule has 1 amide bonds. The minimum absolute atomic E-state index is 0.0256. The van der Waals surface area contributed by atoms with E-state index in [9.17, 15) is 4.79 Å². The molecule has 1 atom stereocenters. The number of carbonyl (C=O) groups is 1. The molecule has 0 bridgehead atoms. The summed E-state index contributed by atoms with van der Waals surface area (Å²) in [5, 5.41) is 3.37. The molecule has 0 radical (unpaired) electrons. The van der Waals surface area contributed by atoms with Crippen molar-refractivity contribution in [1.29, 1.82) is 0 Å². The van der Waals surface area contributed by atoms with E-state index in [1.807, 2.05) is 16.7 Å². The number of hydrogen-bond donors (Lipinski definition) is 1. The van der Waals surface area contributed by atoms with Gasteiger partial charge in [0.2, 0.25) is 5.91 Å². The van der Waals surface area contributed by atoms with E-state index in [2.05, 4.69) is 12.2 Å². The van der Waals surface area contributed by atoms with Gasteiger partial charge in [-0.2, -0.15) is 11.8 Å². The lowest BCUT2D eigenvalue weighted by Crippen LogP contribution is -2.52. The van der Waals surface area contributed by atoms with E-state index >= 15 is 0 Å². The Bertz CT molecular complexity index is 214. The molecule has 3 nitrogen and oxygen atoms in total. The summed E-state index contributed by atoms with van der Waals surface area (Å²) in [6, 6.07) is 0. The van der Waals surface area contributed by atoms with Gasteiger partial charge in [0.1, 0.15) is 5.66 Å². The first-order valence-corrected chi connectivity index (χ1v) is 6.07. The summed E-state index contributed by atoms with van der Waals surface area (Å²) in [4.78, 5) is 13.6. The fourth-order valence-corrected chi connectivity index (χ4v) is 3.50. The van der Waals surface area contributed by atoms with Gasteiger partial charge < -0.3 is 4.90 Å². The van der Waals surface area contributed by atoms with Gasteiger partial charge in [0.15, 0.2) is 0 Å². The van der Waals surface area contributed by atoms with Crippen molar-refractivity contribution in [3.8, 4) is 0 Å². The van der Waals surface area contributed by atoms with Gasteiger partial charge in [-0.25, -0.2) is 0 Å². The summed E-state index contributed by atoms with van der Waals surface area (Å²) in [7, 11) is 0. The number of rotatable bonds is 2. The van der Waals surface area contributed by atoms with Crippen molar-refractivity contribution in [3.63, 3.8) is 0 Å². The number of carbonyl (C=O) groups excluding carboxylic acids is 1. The minimum Gasteiger partial charge on any atom is -0.322 e. The molecule has 2 saturated heterocycles. The standard InChI is InChI=1S/C9H16N2OS/c1-2-4-11-8(12)6-10-9(11)3-5-13-7-9/h10H,2-7H2,1H3. The predicted octanol–water partition coefficient (Wildman–Crippen LogP) is 0.661. The molecule has 0 aromatic carbocycles. The highest BCUT2D eigenvalue weighted by atomic mass is 32.2. The quantitative estimate of drug-likeness (QED) is 0.711. The topological polar surface area (TPSA) is 32.3 Å². The number of nitrogens with zero attached hydrogens (tertiary/aromatic N) is 1. The average molecular weight is 200 g/mol. The van der Waals surface area contributed by atoms with Gasteiger partial charge in [0, 0.05) is 12.3 Å². The van der Waals surface area contributed by atoms with Crippen LogP contribution in [-0.2, 0) is 4.79 Å². The minimum atomic E-state index is 0.0256. The lowest BCUT2D eigenvalue weighted by molar-refractivity contribution is -0.129. The first-order chi connectivity index (χ1) is 6.28. The monoisotopic (exact) mass is 200 g/mol. The molecule has 1 N–H and O–H groups in total. The summed E-state index contributed by atoms with van der Waals surface area (Å²) >= 11 is 1.95. The summed E-state index contributed by atoms with van der Waals surface area (Å²) in [6.45, 7) is 3.58. The Morgan fingerprint density at radius 1 is 1.69 bits per heavy atom. The van der Waals surface area contributed by atoms with E-state index in [0.717, 1.165) is 25.1 Å². The smallest absolute Gasteiger partial charge is 0.238 e. The molecule has 74 valence electrons. The third-order valence-electron chi connectivity index (χ3n) is 2.83. The SMILES string of the molecule is CCCN1C(=O)CNC12CCSC2. The molecule has 2 heterocycles. The zero-order valence-corrected chi connectivity index (χ0v) is 8.82. The molecule has 0 aliphatic carbocycles. The molecule has 2 aliphatic rings. The highest BCUT2D eigenvalue weighted by molar-refractivity contribution is 7.99. The second-order valence-corrected chi connectivity index (χ2v) is 4.84. The Balaban J connectivity index is 2.13. The van der Waals surface area contributed by atoms with Crippen molar-refractivity contribution in [1.82, 2.24) is 10.2 Å². The fourth-order valence-electron chi connectivity index (χ4n) is 2.14. The number of amides is 1. The molecule has 1 unspecified atom stereocenters. The van der Waals surface area contributed by atoms with Crippen molar-refractivity contribution >= 4 is 17.7 Å². The third kappa shape index (κ3) is 1.46. The summed E-state index contributed by atoms with van der Waals surface area (Å²) in [5.41, 5.74) is 0.0256. The van der Waals surface area contributed by atoms with Crippen LogP contribution in [0.5, 0.6) is 0 Å². The summed E-state index contributed by atoms with van der Waals surface area (Å²) < 4.78 is 0. The van der Waals surface area contributed by atoms with E-state index in [1.165, 1.54) is 5.75 Å². The summed E-state index contributed by atoms with van der Waals surface area (Å²) in [6.07, 6.45) is 2.17. The molecule has 4 heteroatoms. The van der Waals surface area contributed by atoms with Gasteiger partial charge in [-0.3, -0.25) is 10.1 Å². The maximum Gasteiger partial charge on any atom is 0.238 e. The molecule has 1 spiro atoms. The van der Waals surface area contributed by atoms with Crippen molar-refractivity contribution in [3.05, 3.63) is 0 Å². The molecule has 0 aromatic rings. The number of nitrogens with one attached hydrogen (secondary N) is 1. The predicted molar refractivity (Wildman–Crippen MR) is 54.7 cm³/mol. The molecular weight excluding hydrogens is 184 g/mol. The Kier molecular flexibility index (Phi) is 2.51. The Morgan fingerprint density at radius 2 is 2.54 bits per heavy atom. The normalized spacial score (nSPS) is 33.6. The second kappa shape index (κ2) is 3.50. The largest absolute Gasteiger partial charge is 0.322 e. The van der Waals surface area contributed by atoms with Crippen LogP contribution in [0.4, 0.5) is 0 Å². The van der Waals surface area contributed by atoms with E-state index in [-0.39, 0.29) is 11.6 Å². The highest BCUT2D eigenvalue weighted by Crippen LogP contribution is 2.33. The first kappa shape index (κ1) is 9.34. The Morgan fingerprint density at radius 3 is 3.15 bits per heavy atom. The fraction of sp³-hybridized carbons (Fsp3) is 0.889. The lowest BCUT2D eigenvalue weighted by Gasteiger charge is -2.33. The van der Waals surface area contributed by atoms with Crippen molar-refractivity contribution < 1.29 is 4.79 Å². The van der Waals surface area contributed by atoms with E-state index < -0.39 is 0 Å². The lowest BCUT2D eigenvalue weighted by atomic mass is 10.1. The number of hydrogen-bond acceptors (Lipinski definition) is 3. The highest BCUT2D eigenvalue weighted by Gasteiger charge is 2.46. The van der Waals surface area contributed by atoms with Crippen LogP contribution in [0.15, 0.2) is 0 Å². The first-order valence-electron chi connectivity index (χ1n) is 4.92. The van der Waals surface area contributed by atoms with Crippen molar-refractivity contribution in [2.75, 3.05) is 24.6 Å². The molecule has 2 fully saturated rings. The van der Waals surface area contributed by atoms with Gasteiger partial charge in [-0.1, -0.05) is 6.92 Å². The van der Waals surface area contributed by atoms with Crippen LogP contribution in [-0.4, -0.2) is 41.1 Å². The Hall–Kier alpha value is -0.220. The van der Waals surface area contributed by atoms with Gasteiger partial charge in [0.05, 0.1) is 6.54 Å². The van der Waals surface area contributed by atoms with Crippen molar-refractivity contribution in [2.45, 2.75) is 25.4 Å². The van der Waals surface area contributed by atoms with Crippen LogP contribution in [0.1, 0.15) is 19.8 Å². The zero-order valence-electron chi connectivity index (χ0n) is 8.01. The van der Waals surface area contributed by atoms with Gasteiger partial charge >= 0.3 is 0 Å². The second-order valence-electron chi connectivity index (χ2n) is 3.73. The molecule has 2 rings (SSSR count). The van der Waals surface area contributed by atoms with Crippen LogP contribution < -0.4 is 5.32 Å². The molecule has 0 aromatic heterocycles. The Labute approximate surface area is 83.2 Å². The van der Waals surface area contributed by atoms with Crippen LogP contribution in [0.2, 0.25) is 0 Å². The maximum atomic E-state index is 11.6. The van der Waals surface area contributed by atoms with E-state index in [0.29, 0.717) is 6.54 Å². The van der Waals surface area contributed by atoms with Crippen LogP contribution >= 0.6 is 11.8 Å². The van der Waals surface area contributed by atoms with Crippen molar-refractivity contribution in [2.24, 2.45) is 0 Å². The van der Waals surface area contributed by atoms with E-state index in [1.54, 1.807) is 0 Å². The maximum absolute atomic E-state index is 11.6. The molecule has 2 aliphatic heterocycles. The van der Waals surface area contributed by atoms with Gasteiger partial charge in [0.25, 0.3) is 0 Å². The number of thioether (sulfide) groups is 1. The molecular formula is C9H16N2OS. The van der Waals surface area contributed by atoms with Gasteiger partial charge in [-0.15, -0.1) is 0 Å². The van der Waals surface area contributed by atoms with E-state index in [4.69, 9.17) is 0 Å². The van der Waals surface area contributed by atoms with Crippen LogP contribution in [0.25, 0.3) is 0 Å². The van der Waals surface area contributed by atoms with Gasteiger partial charge in [-0.05, 0) is 18.6 Å². The molecule has 13 heavy (non-hydrogen) atoms. The third-order valence-corrected chi connectivity index (χ3v) is 4.01. The van der Waals surface area contributed by atoms with Crippen LogP contribution in [0.3, 0.4) is 0 Å². The summed E-state index contributed by atoms with van der Waals surface area (Å²) in [5.74, 6) is 2.53. The average Bonchev–Trinajstić information content (AvgIpc) is 2.69. The molecule has 0 saturated carbocycles. The van der Waals surface area contributed by atoms with Crippen LogP contribution in [0, 0.1) is 0 Å².